The fourth-order valence-corrected chi connectivity index (χ4v) is 3.05. The first-order valence-corrected chi connectivity index (χ1v) is 7.05. The van der Waals surface area contributed by atoms with Gasteiger partial charge in [0.1, 0.15) is 5.82 Å². The van der Waals surface area contributed by atoms with Gasteiger partial charge in [-0.2, -0.15) is 0 Å². The Morgan fingerprint density at radius 2 is 2.19 bits per heavy atom. The SMILES string of the molecule is CC(CBr)(Cc1cc(Cl)ccc1F)C1CC1. The quantitative estimate of drug-likeness (QED) is 0.699. The van der Waals surface area contributed by atoms with Gasteiger partial charge >= 0.3 is 0 Å². The van der Waals surface area contributed by atoms with E-state index in [2.05, 4.69) is 22.9 Å². The average Bonchev–Trinajstić information content (AvgIpc) is 3.07. The second-order valence-corrected chi connectivity index (χ2v) is 5.97. The Morgan fingerprint density at radius 1 is 1.50 bits per heavy atom. The van der Waals surface area contributed by atoms with Crippen LogP contribution in [0, 0.1) is 17.2 Å². The minimum absolute atomic E-state index is 0.141. The van der Waals surface area contributed by atoms with Gasteiger partial charge in [-0.15, -0.1) is 0 Å². The molecule has 1 atom stereocenters. The number of rotatable bonds is 4. The molecule has 1 aromatic carbocycles. The smallest absolute Gasteiger partial charge is 0.126 e. The number of benzene rings is 1. The van der Waals surface area contributed by atoms with E-state index in [9.17, 15) is 4.39 Å². The van der Waals surface area contributed by atoms with Gasteiger partial charge in [0.2, 0.25) is 0 Å². The highest BCUT2D eigenvalue weighted by molar-refractivity contribution is 9.09. The lowest BCUT2D eigenvalue weighted by atomic mass is 9.81. The molecule has 0 heterocycles. The van der Waals surface area contributed by atoms with Crippen LogP contribution < -0.4 is 0 Å². The van der Waals surface area contributed by atoms with Crippen molar-refractivity contribution in [2.24, 2.45) is 11.3 Å². The summed E-state index contributed by atoms with van der Waals surface area (Å²) in [6, 6.07) is 4.81. The molecular weight excluding hydrogens is 290 g/mol. The molecule has 1 unspecified atom stereocenters. The highest BCUT2D eigenvalue weighted by atomic mass is 79.9. The molecule has 1 fully saturated rings. The first kappa shape index (κ1) is 12.4. The zero-order chi connectivity index (χ0) is 11.8. The lowest BCUT2D eigenvalue weighted by Crippen LogP contribution is -2.24. The van der Waals surface area contributed by atoms with Gasteiger partial charge in [0.15, 0.2) is 0 Å². The Morgan fingerprint density at radius 3 is 2.75 bits per heavy atom. The van der Waals surface area contributed by atoms with Gasteiger partial charge in [0, 0.05) is 10.4 Å². The van der Waals surface area contributed by atoms with E-state index >= 15 is 0 Å². The first-order chi connectivity index (χ1) is 7.55. The fraction of sp³-hybridized carbons (Fsp3) is 0.538. The van der Waals surface area contributed by atoms with E-state index in [1.807, 2.05) is 0 Å². The molecule has 1 aliphatic rings. The molecule has 16 heavy (non-hydrogen) atoms. The molecule has 0 radical (unpaired) electrons. The van der Waals surface area contributed by atoms with E-state index in [1.54, 1.807) is 12.1 Å². The van der Waals surface area contributed by atoms with Gasteiger partial charge in [0.25, 0.3) is 0 Å². The second-order valence-electron chi connectivity index (χ2n) is 4.97. The number of halogens is 3. The lowest BCUT2D eigenvalue weighted by molar-refractivity contribution is 0.314. The van der Waals surface area contributed by atoms with Gasteiger partial charge in [-0.3, -0.25) is 0 Å². The Labute approximate surface area is 109 Å². The molecule has 1 saturated carbocycles. The van der Waals surface area contributed by atoms with Crippen molar-refractivity contribution in [3.8, 4) is 0 Å². The zero-order valence-corrected chi connectivity index (χ0v) is 11.6. The summed E-state index contributed by atoms with van der Waals surface area (Å²) in [6.07, 6.45) is 3.30. The molecule has 3 heteroatoms. The summed E-state index contributed by atoms with van der Waals surface area (Å²) in [5.74, 6) is 0.586. The average molecular weight is 306 g/mol. The maximum atomic E-state index is 13.6. The maximum Gasteiger partial charge on any atom is 0.126 e. The molecule has 0 aromatic heterocycles. The summed E-state index contributed by atoms with van der Waals surface area (Å²) in [7, 11) is 0. The van der Waals surface area contributed by atoms with Crippen molar-refractivity contribution in [1.82, 2.24) is 0 Å². The monoisotopic (exact) mass is 304 g/mol. The van der Waals surface area contributed by atoms with E-state index in [1.165, 1.54) is 18.9 Å². The first-order valence-electron chi connectivity index (χ1n) is 5.55. The van der Waals surface area contributed by atoms with Gasteiger partial charge in [-0.05, 0) is 54.4 Å². The summed E-state index contributed by atoms with van der Waals surface area (Å²) in [5.41, 5.74) is 0.896. The summed E-state index contributed by atoms with van der Waals surface area (Å²) >= 11 is 9.46. The summed E-state index contributed by atoms with van der Waals surface area (Å²) in [6.45, 7) is 2.22. The summed E-state index contributed by atoms with van der Waals surface area (Å²) < 4.78 is 13.6. The second kappa shape index (κ2) is 4.66. The van der Waals surface area contributed by atoms with Crippen LogP contribution in [0.5, 0.6) is 0 Å². The van der Waals surface area contributed by atoms with Crippen molar-refractivity contribution < 1.29 is 4.39 Å². The zero-order valence-electron chi connectivity index (χ0n) is 9.27. The molecule has 0 amide bonds. The van der Waals surface area contributed by atoms with Gasteiger partial charge < -0.3 is 0 Å². The van der Waals surface area contributed by atoms with Crippen LogP contribution in [0.1, 0.15) is 25.3 Å². The van der Waals surface area contributed by atoms with Crippen molar-refractivity contribution in [3.05, 3.63) is 34.6 Å². The molecule has 88 valence electrons. The van der Waals surface area contributed by atoms with Crippen LogP contribution in [-0.4, -0.2) is 5.33 Å². The van der Waals surface area contributed by atoms with E-state index in [-0.39, 0.29) is 11.2 Å². The van der Waals surface area contributed by atoms with Crippen LogP contribution in [0.4, 0.5) is 4.39 Å². The summed E-state index contributed by atoms with van der Waals surface area (Å²) in [5, 5.41) is 1.53. The number of hydrogen-bond donors (Lipinski definition) is 0. The van der Waals surface area contributed by atoms with Crippen LogP contribution in [0.2, 0.25) is 5.02 Å². The van der Waals surface area contributed by atoms with Crippen LogP contribution in [0.3, 0.4) is 0 Å². The van der Waals surface area contributed by atoms with Gasteiger partial charge in [-0.1, -0.05) is 34.5 Å². The topological polar surface area (TPSA) is 0 Å². The van der Waals surface area contributed by atoms with Crippen LogP contribution in [0.25, 0.3) is 0 Å². The molecule has 0 bridgehead atoms. The van der Waals surface area contributed by atoms with E-state index in [4.69, 9.17) is 11.6 Å². The highest BCUT2D eigenvalue weighted by Gasteiger charge is 2.40. The predicted molar refractivity (Wildman–Crippen MR) is 69.7 cm³/mol. The Kier molecular flexibility index (Phi) is 3.60. The lowest BCUT2D eigenvalue weighted by Gasteiger charge is -2.27. The normalized spacial score (nSPS) is 19.5. The van der Waals surface area contributed by atoms with Gasteiger partial charge in [-0.25, -0.2) is 4.39 Å². The van der Waals surface area contributed by atoms with Crippen molar-refractivity contribution in [2.45, 2.75) is 26.2 Å². The maximum absolute atomic E-state index is 13.6. The molecule has 0 saturated heterocycles. The molecular formula is C13H15BrClF. The molecule has 0 spiro atoms. The Hall–Kier alpha value is -0.0800. The molecule has 0 aliphatic heterocycles. The van der Waals surface area contributed by atoms with Crippen LogP contribution >= 0.6 is 27.5 Å². The van der Waals surface area contributed by atoms with Crippen molar-refractivity contribution in [3.63, 3.8) is 0 Å². The standard InChI is InChI=1S/C13H15BrClF/c1-13(8-14,10-2-3-10)7-9-6-11(15)4-5-12(9)16/h4-6,10H,2-3,7-8H2,1H3. The third-order valence-corrected chi connectivity index (χ3v) is 4.99. The molecule has 1 aliphatic carbocycles. The molecule has 0 nitrogen and oxygen atoms in total. The molecule has 0 N–H and O–H groups in total. The molecule has 2 rings (SSSR count). The van der Waals surface area contributed by atoms with Crippen LogP contribution in [-0.2, 0) is 6.42 Å². The minimum Gasteiger partial charge on any atom is -0.207 e. The fourth-order valence-electron chi connectivity index (χ4n) is 2.19. The molecule has 1 aromatic rings. The Balaban J connectivity index is 2.21. The van der Waals surface area contributed by atoms with E-state index < -0.39 is 0 Å². The van der Waals surface area contributed by atoms with Crippen molar-refractivity contribution in [1.29, 1.82) is 0 Å². The Bertz CT molecular complexity index is 390. The highest BCUT2D eigenvalue weighted by Crippen LogP contribution is 2.48. The largest absolute Gasteiger partial charge is 0.207 e. The number of alkyl halides is 1. The van der Waals surface area contributed by atoms with E-state index in [0.29, 0.717) is 5.02 Å². The van der Waals surface area contributed by atoms with Crippen LogP contribution in [0.15, 0.2) is 18.2 Å². The van der Waals surface area contributed by atoms with E-state index in [0.717, 1.165) is 23.2 Å². The predicted octanol–water partition coefficient (Wildman–Crippen LogP) is 4.83. The van der Waals surface area contributed by atoms with Crippen molar-refractivity contribution >= 4 is 27.5 Å². The van der Waals surface area contributed by atoms with Gasteiger partial charge in [0.05, 0.1) is 0 Å². The van der Waals surface area contributed by atoms with Crippen molar-refractivity contribution in [2.75, 3.05) is 5.33 Å². The number of hydrogen-bond acceptors (Lipinski definition) is 0. The third kappa shape index (κ3) is 2.60. The minimum atomic E-state index is -0.141. The summed E-state index contributed by atoms with van der Waals surface area (Å²) in [4.78, 5) is 0. The third-order valence-electron chi connectivity index (χ3n) is 3.47.